The molecule has 30 heavy (non-hydrogen) atoms. The van der Waals surface area contributed by atoms with Gasteiger partial charge in [-0.2, -0.15) is 8.78 Å². The zero-order chi connectivity index (χ0) is 22.1. The SMILES string of the molecule is CC1(c2ccc(F)c(F)c2)NC(=O)N(CC(=O)Nc2ccc(SC(F)F)cc2)C1=O. The molecule has 4 amide bonds. The summed E-state index contributed by atoms with van der Waals surface area (Å²) >= 11 is 0.350. The lowest BCUT2D eigenvalue weighted by atomic mass is 9.92. The fourth-order valence-electron chi connectivity index (χ4n) is 2.91. The predicted molar refractivity (Wildman–Crippen MR) is 101 cm³/mol. The van der Waals surface area contributed by atoms with Crippen LogP contribution >= 0.6 is 11.8 Å². The van der Waals surface area contributed by atoms with Crippen LogP contribution in [0.25, 0.3) is 0 Å². The molecular formula is C19H15F4N3O3S. The lowest BCUT2D eigenvalue weighted by Gasteiger charge is -2.22. The lowest BCUT2D eigenvalue weighted by molar-refractivity contribution is -0.133. The fourth-order valence-corrected chi connectivity index (χ4v) is 3.41. The number of carbonyl (C=O) groups excluding carboxylic acids is 3. The smallest absolute Gasteiger partial charge is 0.325 e. The Labute approximate surface area is 172 Å². The van der Waals surface area contributed by atoms with E-state index in [9.17, 15) is 31.9 Å². The van der Waals surface area contributed by atoms with Crippen LogP contribution in [0.15, 0.2) is 47.4 Å². The number of nitrogens with one attached hydrogen (secondary N) is 2. The van der Waals surface area contributed by atoms with Crippen molar-refractivity contribution in [2.24, 2.45) is 0 Å². The first kappa shape index (κ1) is 21.6. The molecule has 0 radical (unpaired) electrons. The zero-order valence-corrected chi connectivity index (χ0v) is 16.2. The predicted octanol–water partition coefficient (Wildman–Crippen LogP) is 3.69. The molecule has 1 heterocycles. The molecule has 1 aliphatic rings. The number of benzene rings is 2. The summed E-state index contributed by atoms with van der Waals surface area (Å²) in [4.78, 5) is 38.2. The van der Waals surface area contributed by atoms with Crippen molar-refractivity contribution in [1.29, 1.82) is 0 Å². The van der Waals surface area contributed by atoms with Crippen LogP contribution in [0.3, 0.4) is 0 Å². The second-order valence-corrected chi connectivity index (χ2v) is 7.59. The molecule has 1 fully saturated rings. The first-order valence-corrected chi connectivity index (χ1v) is 9.42. The molecule has 1 saturated heterocycles. The summed E-state index contributed by atoms with van der Waals surface area (Å²) < 4.78 is 51.4. The van der Waals surface area contributed by atoms with Crippen LogP contribution in [0.1, 0.15) is 12.5 Å². The first-order chi connectivity index (χ1) is 14.1. The van der Waals surface area contributed by atoms with E-state index in [-0.39, 0.29) is 11.3 Å². The summed E-state index contributed by atoms with van der Waals surface area (Å²) in [5.74, 6) is -6.37. The Kier molecular flexibility index (Phi) is 6.01. The minimum atomic E-state index is -2.57. The molecule has 1 atom stereocenters. The standard InChI is InChI=1S/C19H15F4N3O3S/c1-19(10-2-7-13(20)14(21)8-10)16(28)26(18(29)25-19)9-15(27)24-11-3-5-12(6-4-11)30-17(22)23/h2-8,17H,9H2,1H3,(H,24,27)(H,25,29). The minimum absolute atomic E-state index is 0.0229. The summed E-state index contributed by atoms with van der Waals surface area (Å²) in [6, 6.07) is 7.52. The van der Waals surface area contributed by atoms with Crippen molar-refractivity contribution in [1.82, 2.24) is 10.2 Å². The summed E-state index contributed by atoms with van der Waals surface area (Å²) in [5, 5.41) is 4.84. The van der Waals surface area contributed by atoms with E-state index in [0.29, 0.717) is 21.6 Å². The molecule has 0 aromatic heterocycles. The van der Waals surface area contributed by atoms with Crippen molar-refractivity contribution in [2.75, 3.05) is 11.9 Å². The molecule has 3 rings (SSSR count). The quantitative estimate of drug-likeness (QED) is 0.407. The number of thioether (sulfide) groups is 1. The number of amides is 4. The Morgan fingerprint density at radius 1 is 1.13 bits per heavy atom. The topological polar surface area (TPSA) is 78.5 Å². The van der Waals surface area contributed by atoms with Gasteiger partial charge < -0.3 is 10.6 Å². The molecule has 1 aliphatic heterocycles. The van der Waals surface area contributed by atoms with Crippen LogP contribution in [-0.4, -0.2) is 35.0 Å². The maximum atomic E-state index is 13.6. The molecule has 0 aliphatic carbocycles. The highest BCUT2D eigenvalue weighted by Crippen LogP contribution is 2.30. The van der Waals surface area contributed by atoms with Gasteiger partial charge in [0.15, 0.2) is 11.6 Å². The number of nitrogens with zero attached hydrogens (tertiary/aromatic N) is 1. The normalized spacial score (nSPS) is 18.7. The highest BCUT2D eigenvalue weighted by Gasteiger charge is 2.49. The Balaban J connectivity index is 1.69. The minimum Gasteiger partial charge on any atom is -0.325 e. The van der Waals surface area contributed by atoms with Gasteiger partial charge >= 0.3 is 6.03 Å². The number of alkyl halides is 2. The average molecular weight is 441 g/mol. The van der Waals surface area contributed by atoms with Gasteiger partial charge in [-0.15, -0.1) is 0 Å². The van der Waals surface area contributed by atoms with Gasteiger partial charge in [-0.25, -0.2) is 13.6 Å². The lowest BCUT2D eigenvalue weighted by Crippen LogP contribution is -2.42. The van der Waals surface area contributed by atoms with E-state index >= 15 is 0 Å². The third-order valence-corrected chi connectivity index (χ3v) is 5.16. The third kappa shape index (κ3) is 4.40. The number of halogens is 4. The van der Waals surface area contributed by atoms with Crippen LogP contribution in [-0.2, 0) is 15.1 Å². The highest BCUT2D eigenvalue weighted by atomic mass is 32.2. The van der Waals surface area contributed by atoms with E-state index in [1.54, 1.807) is 0 Å². The monoisotopic (exact) mass is 441 g/mol. The van der Waals surface area contributed by atoms with E-state index in [1.165, 1.54) is 37.3 Å². The van der Waals surface area contributed by atoms with E-state index in [0.717, 1.165) is 12.1 Å². The number of anilines is 1. The molecular weight excluding hydrogens is 426 g/mol. The molecule has 1 unspecified atom stereocenters. The summed E-state index contributed by atoms with van der Waals surface area (Å²) in [6.45, 7) is 0.689. The van der Waals surface area contributed by atoms with Crippen LogP contribution in [0.2, 0.25) is 0 Å². The van der Waals surface area contributed by atoms with Crippen LogP contribution in [0, 0.1) is 11.6 Å². The van der Waals surface area contributed by atoms with Gasteiger partial charge in [0.2, 0.25) is 5.91 Å². The van der Waals surface area contributed by atoms with E-state index in [1.807, 2.05) is 0 Å². The summed E-state index contributed by atoms with van der Waals surface area (Å²) in [7, 11) is 0. The van der Waals surface area contributed by atoms with Crippen molar-refractivity contribution in [3.05, 3.63) is 59.7 Å². The molecule has 0 saturated carbocycles. The van der Waals surface area contributed by atoms with Crippen molar-refractivity contribution in [3.63, 3.8) is 0 Å². The van der Waals surface area contributed by atoms with Gasteiger partial charge in [-0.1, -0.05) is 17.8 Å². The largest absolute Gasteiger partial charge is 0.325 e. The van der Waals surface area contributed by atoms with Crippen molar-refractivity contribution < 1.29 is 31.9 Å². The molecule has 0 bridgehead atoms. The third-order valence-electron chi connectivity index (χ3n) is 4.44. The molecule has 2 aromatic rings. The second kappa shape index (κ2) is 8.34. The second-order valence-electron chi connectivity index (χ2n) is 6.53. The first-order valence-electron chi connectivity index (χ1n) is 8.54. The van der Waals surface area contributed by atoms with Gasteiger partial charge in [0.05, 0.1) is 0 Å². The summed E-state index contributed by atoms with van der Waals surface area (Å²) in [5.41, 5.74) is -1.36. The molecule has 158 valence electrons. The molecule has 0 spiro atoms. The molecule has 6 nitrogen and oxygen atoms in total. The van der Waals surface area contributed by atoms with Gasteiger partial charge in [-0.05, 0) is 48.9 Å². The van der Waals surface area contributed by atoms with Crippen molar-refractivity contribution in [3.8, 4) is 0 Å². The number of hydrogen-bond acceptors (Lipinski definition) is 4. The fraction of sp³-hybridized carbons (Fsp3) is 0.211. The molecule has 2 N–H and O–H groups in total. The van der Waals surface area contributed by atoms with Crippen molar-refractivity contribution >= 4 is 35.3 Å². The van der Waals surface area contributed by atoms with Gasteiger partial charge in [0, 0.05) is 10.6 Å². The Hall–Kier alpha value is -3.08. The van der Waals surface area contributed by atoms with Crippen LogP contribution < -0.4 is 10.6 Å². The van der Waals surface area contributed by atoms with Gasteiger partial charge in [0.1, 0.15) is 12.1 Å². The van der Waals surface area contributed by atoms with Gasteiger partial charge in [0.25, 0.3) is 11.7 Å². The Morgan fingerprint density at radius 2 is 1.80 bits per heavy atom. The number of hydrogen-bond donors (Lipinski definition) is 2. The van der Waals surface area contributed by atoms with E-state index in [4.69, 9.17) is 0 Å². The molecule has 2 aromatic carbocycles. The number of imide groups is 1. The Morgan fingerprint density at radius 3 is 2.40 bits per heavy atom. The van der Waals surface area contributed by atoms with Gasteiger partial charge in [-0.3, -0.25) is 14.5 Å². The van der Waals surface area contributed by atoms with Crippen LogP contribution in [0.4, 0.5) is 28.0 Å². The zero-order valence-electron chi connectivity index (χ0n) is 15.4. The maximum absolute atomic E-state index is 13.6. The van der Waals surface area contributed by atoms with E-state index < -0.39 is 47.3 Å². The highest BCUT2D eigenvalue weighted by molar-refractivity contribution is 7.99. The van der Waals surface area contributed by atoms with Crippen LogP contribution in [0.5, 0.6) is 0 Å². The number of carbonyl (C=O) groups is 3. The van der Waals surface area contributed by atoms with Crippen molar-refractivity contribution in [2.45, 2.75) is 23.1 Å². The summed E-state index contributed by atoms with van der Waals surface area (Å²) in [6.07, 6.45) is 0. The van der Waals surface area contributed by atoms with E-state index in [2.05, 4.69) is 10.6 Å². The maximum Gasteiger partial charge on any atom is 0.325 e. The molecule has 11 heteroatoms. The number of rotatable bonds is 6. The average Bonchev–Trinajstić information content (AvgIpc) is 2.89. The number of urea groups is 1. The Bertz CT molecular complexity index is 1000.